The Hall–Kier alpha value is -2.42. The molecule has 0 saturated carbocycles. The minimum Gasteiger partial charge on any atom is -0.391 e. The van der Waals surface area contributed by atoms with Gasteiger partial charge in [0, 0.05) is 12.6 Å². The number of aliphatic hydroxyl groups is 1. The van der Waals surface area contributed by atoms with Gasteiger partial charge in [0.05, 0.1) is 43.4 Å². The van der Waals surface area contributed by atoms with Crippen LogP contribution in [0.15, 0.2) is 59.5 Å². The first kappa shape index (κ1) is 20.3. The number of carbonyl (C=O) groups excluding carboxylic acids is 1. The van der Waals surface area contributed by atoms with Crippen LogP contribution in [0.3, 0.4) is 0 Å². The molecule has 8 heteroatoms. The molecule has 28 heavy (non-hydrogen) atoms. The summed E-state index contributed by atoms with van der Waals surface area (Å²) in [5, 5.41) is 9.04. The molecule has 7 nitrogen and oxygen atoms in total. The van der Waals surface area contributed by atoms with E-state index < -0.39 is 10.0 Å². The minimum absolute atomic E-state index is 0.0919. The van der Waals surface area contributed by atoms with Gasteiger partial charge in [-0.2, -0.15) is 0 Å². The second kappa shape index (κ2) is 8.72. The molecular formula is C20H26N3O4S+. The number of benzene rings is 2. The quantitative estimate of drug-likeness (QED) is 0.701. The van der Waals surface area contributed by atoms with Crippen molar-refractivity contribution in [1.82, 2.24) is 4.90 Å². The zero-order chi connectivity index (χ0) is 20.1. The molecule has 2 aromatic rings. The van der Waals surface area contributed by atoms with Crippen molar-refractivity contribution in [3.05, 3.63) is 60.2 Å². The first-order valence-corrected chi connectivity index (χ1v) is 10.8. The molecule has 1 heterocycles. The Morgan fingerprint density at radius 2 is 1.79 bits per heavy atom. The van der Waals surface area contributed by atoms with Crippen molar-refractivity contribution in [2.45, 2.75) is 4.90 Å². The number of hydrogen-bond donors (Lipinski definition) is 2. The van der Waals surface area contributed by atoms with E-state index in [9.17, 15) is 13.2 Å². The Labute approximate surface area is 165 Å². The van der Waals surface area contributed by atoms with Crippen LogP contribution in [-0.2, 0) is 10.0 Å². The number of carbonyl (C=O) groups is 1. The van der Waals surface area contributed by atoms with Crippen molar-refractivity contribution in [3.8, 4) is 0 Å². The minimum atomic E-state index is -3.76. The smallest absolute Gasteiger partial charge is 0.264 e. The predicted octanol–water partition coefficient (Wildman–Crippen LogP) is -0.155. The summed E-state index contributed by atoms with van der Waals surface area (Å²) >= 11 is 0. The van der Waals surface area contributed by atoms with E-state index in [2.05, 4.69) is 0 Å². The van der Waals surface area contributed by atoms with E-state index in [1.807, 2.05) is 6.07 Å². The number of nitrogens with zero attached hydrogens (tertiary/aromatic N) is 2. The lowest BCUT2D eigenvalue weighted by Gasteiger charge is -2.32. The van der Waals surface area contributed by atoms with Crippen molar-refractivity contribution >= 4 is 21.6 Å². The van der Waals surface area contributed by atoms with Crippen LogP contribution in [0.2, 0.25) is 0 Å². The molecule has 0 unspecified atom stereocenters. The van der Waals surface area contributed by atoms with Gasteiger partial charge in [0.15, 0.2) is 0 Å². The summed E-state index contributed by atoms with van der Waals surface area (Å²) in [6, 6.07) is 15.0. The number of piperazine rings is 1. The molecule has 2 N–H and O–H groups in total. The van der Waals surface area contributed by atoms with E-state index in [0.717, 1.165) is 13.1 Å². The summed E-state index contributed by atoms with van der Waals surface area (Å²) in [5.41, 5.74) is 0.926. The maximum Gasteiger partial charge on any atom is 0.264 e. The SMILES string of the molecule is CN(c1ccccc1)S(=O)(=O)c1cccc(C(=O)N2CC[NH+](CCO)CC2)c1. The summed E-state index contributed by atoms with van der Waals surface area (Å²) in [5.74, 6) is -0.164. The van der Waals surface area contributed by atoms with Crippen LogP contribution in [-0.4, -0.2) is 70.7 Å². The molecule has 2 aromatic carbocycles. The molecule has 1 aliphatic rings. The third-order valence-electron chi connectivity index (χ3n) is 5.08. The van der Waals surface area contributed by atoms with Gasteiger partial charge in [0.25, 0.3) is 15.9 Å². The van der Waals surface area contributed by atoms with Crippen molar-refractivity contribution < 1.29 is 23.2 Å². The first-order chi connectivity index (χ1) is 13.4. The molecule has 3 rings (SSSR count). The highest BCUT2D eigenvalue weighted by Crippen LogP contribution is 2.22. The highest BCUT2D eigenvalue weighted by Gasteiger charge is 2.26. The summed E-state index contributed by atoms with van der Waals surface area (Å²) in [7, 11) is -2.26. The van der Waals surface area contributed by atoms with E-state index >= 15 is 0 Å². The Kier molecular flexibility index (Phi) is 6.33. The molecule has 0 atom stereocenters. The average molecular weight is 405 g/mol. The van der Waals surface area contributed by atoms with E-state index in [0.29, 0.717) is 30.9 Å². The molecule has 0 aromatic heterocycles. The van der Waals surface area contributed by atoms with Gasteiger partial charge >= 0.3 is 0 Å². The van der Waals surface area contributed by atoms with E-state index in [-0.39, 0.29) is 17.4 Å². The zero-order valence-corrected chi connectivity index (χ0v) is 16.7. The summed E-state index contributed by atoms with van der Waals surface area (Å²) in [6.07, 6.45) is 0. The molecule has 1 amide bonds. The number of hydrogen-bond acceptors (Lipinski definition) is 4. The lowest BCUT2D eigenvalue weighted by atomic mass is 10.2. The molecule has 0 aliphatic carbocycles. The molecule has 0 spiro atoms. The number of para-hydroxylation sites is 1. The van der Waals surface area contributed by atoms with E-state index in [1.54, 1.807) is 41.3 Å². The molecular weight excluding hydrogens is 378 g/mol. The highest BCUT2D eigenvalue weighted by molar-refractivity contribution is 7.92. The van der Waals surface area contributed by atoms with Gasteiger partial charge in [-0.3, -0.25) is 9.10 Å². The Balaban J connectivity index is 1.78. The topological polar surface area (TPSA) is 82.4 Å². The Morgan fingerprint density at radius 3 is 2.43 bits per heavy atom. The molecule has 0 bridgehead atoms. The van der Waals surface area contributed by atoms with Gasteiger partial charge in [-0.25, -0.2) is 8.42 Å². The van der Waals surface area contributed by atoms with Gasteiger partial charge in [0.2, 0.25) is 0 Å². The number of aliphatic hydroxyl groups excluding tert-OH is 1. The van der Waals surface area contributed by atoms with Crippen LogP contribution in [0.5, 0.6) is 0 Å². The fourth-order valence-electron chi connectivity index (χ4n) is 3.34. The Bertz CT molecular complexity index is 910. The third kappa shape index (κ3) is 4.35. The van der Waals surface area contributed by atoms with Crippen molar-refractivity contribution in [2.24, 2.45) is 0 Å². The van der Waals surface area contributed by atoms with Crippen molar-refractivity contribution in [1.29, 1.82) is 0 Å². The second-order valence-electron chi connectivity index (χ2n) is 6.85. The Morgan fingerprint density at radius 1 is 1.11 bits per heavy atom. The van der Waals surface area contributed by atoms with Gasteiger partial charge in [-0.05, 0) is 30.3 Å². The lowest BCUT2D eigenvalue weighted by molar-refractivity contribution is -0.904. The van der Waals surface area contributed by atoms with Crippen molar-refractivity contribution in [3.63, 3.8) is 0 Å². The van der Waals surface area contributed by atoms with Gasteiger partial charge in [-0.1, -0.05) is 24.3 Å². The first-order valence-electron chi connectivity index (χ1n) is 9.31. The molecule has 1 saturated heterocycles. The third-order valence-corrected chi connectivity index (χ3v) is 6.86. The van der Waals surface area contributed by atoms with Gasteiger partial charge < -0.3 is 14.9 Å². The standard InChI is InChI=1S/C20H25N3O4S/c1-21(18-7-3-2-4-8-18)28(26,27)19-9-5-6-17(16-19)20(25)23-12-10-22(11-13-23)14-15-24/h2-9,16,24H,10-15H2,1H3/p+1. The molecule has 0 radical (unpaired) electrons. The predicted molar refractivity (Wildman–Crippen MR) is 107 cm³/mol. The number of nitrogens with one attached hydrogen (secondary N) is 1. The zero-order valence-electron chi connectivity index (χ0n) is 15.9. The lowest BCUT2D eigenvalue weighted by Crippen LogP contribution is -3.15. The number of anilines is 1. The maximum absolute atomic E-state index is 13.0. The highest BCUT2D eigenvalue weighted by atomic mass is 32.2. The molecule has 1 aliphatic heterocycles. The van der Waals surface area contributed by atoms with Crippen LogP contribution >= 0.6 is 0 Å². The van der Waals surface area contributed by atoms with Crippen molar-refractivity contribution in [2.75, 3.05) is 50.7 Å². The second-order valence-corrected chi connectivity index (χ2v) is 8.82. The number of sulfonamides is 1. The maximum atomic E-state index is 13.0. The largest absolute Gasteiger partial charge is 0.391 e. The monoisotopic (exact) mass is 404 g/mol. The van der Waals surface area contributed by atoms with Crippen LogP contribution in [0.25, 0.3) is 0 Å². The summed E-state index contributed by atoms with van der Waals surface area (Å²) in [6.45, 7) is 3.56. The van der Waals surface area contributed by atoms with E-state index in [1.165, 1.54) is 28.4 Å². The van der Waals surface area contributed by atoms with Gasteiger partial charge in [0.1, 0.15) is 6.54 Å². The average Bonchev–Trinajstić information content (AvgIpc) is 2.74. The van der Waals surface area contributed by atoms with E-state index in [4.69, 9.17) is 5.11 Å². The van der Waals surface area contributed by atoms with Crippen LogP contribution in [0.4, 0.5) is 5.69 Å². The van der Waals surface area contributed by atoms with Crippen LogP contribution in [0, 0.1) is 0 Å². The normalized spacial score (nSPS) is 15.4. The number of quaternary nitrogens is 1. The van der Waals surface area contributed by atoms with Crippen LogP contribution in [0.1, 0.15) is 10.4 Å². The van der Waals surface area contributed by atoms with Crippen LogP contribution < -0.4 is 9.21 Å². The summed E-state index contributed by atoms with van der Waals surface area (Å²) < 4.78 is 27.2. The number of amides is 1. The fourth-order valence-corrected chi connectivity index (χ4v) is 4.58. The molecule has 150 valence electrons. The number of rotatable bonds is 6. The molecule has 1 fully saturated rings. The van der Waals surface area contributed by atoms with Gasteiger partial charge in [-0.15, -0.1) is 0 Å². The fraction of sp³-hybridized carbons (Fsp3) is 0.350. The summed E-state index contributed by atoms with van der Waals surface area (Å²) in [4.78, 5) is 15.9.